The fourth-order valence-corrected chi connectivity index (χ4v) is 1.38. The molecule has 1 aliphatic rings. The third-order valence-corrected chi connectivity index (χ3v) is 2.25. The van der Waals surface area contributed by atoms with Gasteiger partial charge in [0.15, 0.2) is 0 Å². The van der Waals surface area contributed by atoms with Crippen molar-refractivity contribution in [2.24, 2.45) is 0 Å². The molecule has 0 aromatic carbocycles. The molecule has 1 aromatic heterocycles. The molecule has 0 atom stereocenters. The van der Waals surface area contributed by atoms with Crippen LogP contribution in [0, 0.1) is 10.1 Å². The van der Waals surface area contributed by atoms with Crippen LogP contribution in [0.1, 0.15) is 33.6 Å². The molecule has 0 amide bonds. The summed E-state index contributed by atoms with van der Waals surface area (Å²) in [6, 6.07) is 1.31. The van der Waals surface area contributed by atoms with E-state index in [1.165, 1.54) is 12.3 Å². The number of pyridine rings is 1. The summed E-state index contributed by atoms with van der Waals surface area (Å²) >= 11 is 0. The van der Waals surface area contributed by atoms with Crippen molar-refractivity contribution in [2.45, 2.75) is 45.3 Å². The maximum absolute atomic E-state index is 11.0. The Balaban J connectivity index is 2.24. The highest BCUT2D eigenvalue weighted by atomic mass is 16.6. The van der Waals surface area contributed by atoms with Gasteiger partial charge in [-0.3, -0.25) is 10.1 Å². The van der Waals surface area contributed by atoms with Crippen molar-refractivity contribution in [3.63, 3.8) is 0 Å². The van der Waals surface area contributed by atoms with Crippen LogP contribution in [0.15, 0.2) is 12.3 Å². The molecule has 0 unspecified atom stereocenters. The van der Waals surface area contributed by atoms with Crippen LogP contribution >= 0.6 is 0 Å². The van der Waals surface area contributed by atoms with Crippen LogP contribution in [-0.4, -0.2) is 21.6 Å². The second-order valence-corrected chi connectivity index (χ2v) is 5.28. The Morgan fingerprint density at radius 2 is 2.11 bits per heavy atom. The number of nitro groups is 1. The molecule has 0 aliphatic heterocycles. The van der Waals surface area contributed by atoms with E-state index in [0.717, 1.165) is 12.8 Å². The largest absolute Gasteiger partial charge is 0.482 e. The summed E-state index contributed by atoms with van der Waals surface area (Å²) in [7, 11) is 0. The van der Waals surface area contributed by atoms with Gasteiger partial charge >= 0.3 is 5.69 Å². The highest BCUT2D eigenvalue weighted by Crippen LogP contribution is 2.35. The lowest BCUT2D eigenvalue weighted by atomic mass is 10.2. The van der Waals surface area contributed by atoms with Crippen molar-refractivity contribution < 1.29 is 14.4 Å². The van der Waals surface area contributed by atoms with E-state index >= 15 is 0 Å². The zero-order valence-corrected chi connectivity index (χ0v) is 10.7. The maximum Gasteiger partial charge on any atom is 0.317 e. The summed E-state index contributed by atoms with van der Waals surface area (Å²) in [6.45, 7) is 5.57. The molecule has 0 saturated heterocycles. The molecule has 18 heavy (non-hydrogen) atoms. The van der Waals surface area contributed by atoms with Crippen LogP contribution in [0.2, 0.25) is 0 Å². The van der Waals surface area contributed by atoms with Crippen LogP contribution in [0.3, 0.4) is 0 Å². The minimum absolute atomic E-state index is 0.0971. The minimum atomic E-state index is -0.477. The Morgan fingerprint density at radius 3 is 2.61 bits per heavy atom. The minimum Gasteiger partial charge on any atom is -0.482 e. The van der Waals surface area contributed by atoms with E-state index in [9.17, 15) is 10.1 Å². The first kappa shape index (κ1) is 12.6. The highest BCUT2D eigenvalue weighted by molar-refractivity contribution is 5.47. The molecule has 1 fully saturated rings. The Bertz CT molecular complexity index is 464. The molecule has 1 saturated carbocycles. The van der Waals surface area contributed by atoms with E-state index in [0.29, 0.717) is 0 Å². The number of nitrogens with zero attached hydrogens (tertiary/aromatic N) is 2. The highest BCUT2D eigenvalue weighted by Gasteiger charge is 2.28. The Hall–Kier alpha value is -1.85. The lowest BCUT2D eigenvalue weighted by molar-refractivity contribution is -0.386. The van der Waals surface area contributed by atoms with Crippen molar-refractivity contribution in [1.29, 1.82) is 0 Å². The van der Waals surface area contributed by atoms with Gasteiger partial charge in [0.05, 0.1) is 23.3 Å². The van der Waals surface area contributed by atoms with Crippen molar-refractivity contribution in [1.82, 2.24) is 4.98 Å². The predicted octanol–water partition coefficient (Wildman–Crippen LogP) is 2.71. The Labute approximate surface area is 105 Å². The first-order valence-electron chi connectivity index (χ1n) is 5.85. The van der Waals surface area contributed by atoms with E-state index in [1.807, 2.05) is 20.8 Å². The zero-order chi connectivity index (χ0) is 13.3. The maximum atomic E-state index is 11.0. The van der Waals surface area contributed by atoms with Gasteiger partial charge in [0.1, 0.15) is 5.60 Å². The van der Waals surface area contributed by atoms with Crippen molar-refractivity contribution >= 4 is 5.69 Å². The Morgan fingerprint density at radius 1 is 1.44 bits per heavy atom. The number of aromatic nitrogens is 1. The van der Waals surface area contributed by atoms with Gasteiger partial charge in [-0.2, -0.15) is 0 Å². The predicted molar refractivity (Wildman–Crippen MR) is 64.9 cm³/mol. The average molecular weight is 252 g/mol. The SMILES string of the molecule is CC(C)(C)Oc1cc([N+](=O)[O-])c(OC2CC2)cn1. The fraction of sp³-hybridized carbons (Fsp3) is 0.583. The standard InChI is InChI=1S/C12H16N2O4/c1-12(2,3)18-11-6-9(14(15)16)10(7-13-11)17-8-4-5-8/h6-8H,4-5H2,1-3H3. The third kappa shape index (κ3) is 3.32. The van der Waals surface area contributed by atoms with Crippen LogP contribution in [0.5, 0.6) is 11.6 Å². The molecule has 6 nitrogen and oxygen atoms in total. The molecular weight excluding hydrogens is 236 g/mol. The van der Waals surface area contributed by atoms with Crippen LogP contribution in [0.25, 0.3) is 0 Å². The van der Waals surface area contributed by atoms with Gasteiger partial charge in [-0.05, 0) is 33.6 Å². The summed E-state index contributed by atoms with van der Waals surface area (Å²) < 4.78 is 10.9. The number of hydrogen-bond donors (Lipinski definition) is 0. The number of rotatable bonds is 4. The van der Waals surface area contributed by atoms with E-state index in [1.54, 1.807) is 0 Å². The summed E-state index contributed by atoms with van der Waals surface area (Å²) in [5.41, 5.74) is -0.545. The summed E-state index contributed by atoms with van der Waals surface area (Å²) in [5.74, 6) is 0.445. The molecule has 0 bridgehead atoms. The lowest BCUT2D eigenvalue weighted by Crippen LogP contribution is -2.23. The molecule has 6 heteroatoms. The molecule has 0 N–H and O–H groups in total. The molecule has 1 heterocycles. The van der Waals surface area contributed by atoms with Crippen molar-refractivity contribution in [3.05, 3.63) is 22.4 Å². The van der Waals surface area contributed by atoms with E-state index in [-0.39, 0.29) is 23.4 Å². The van der Waals surface area contributed by atoms with Gasteiger partial charge in [0.2, 0.25) is 11.6 Å². The zero-order valence-electron chi connectivity index (χ0n) is 10.7. The first-order chi connectivity index (χ1) is 8.35. The average Bonchev–Trinajstić information content (AvgIpc) is 3.01. The molecule has 0 radical (unpaired) electrons. The fourth-order valence-electron chi connectivity index (χ4n) is 1.38. The molecule has 0 spiro atoms. The van der Waals surface area contributed by atoms with E-state index < -0.39 is 10.5 Å². The van der Waals surface area contributed by atoms with Gasteiger partial charge < -0.3 is 9.47 Å². The first-order valence-corrected chi connectivity index (χ1v) is 5.85. The van der Waals surface area contributed by atoms with Gasteiger partial charge in [0, 0.05) is 0 Å². The molecular formula is C12H16N2O4. The second-order valence-electron chi connectivity index (χ2n) is 5.28. The van der Waals surface area contributed by atoms with Crippen molar-refractivity contribution in [3.8, 4) is 11.6 Å². The van der Waals surface area contributed by atoms with E-state index in [2.05, 4.69) is 4.98 Å². The van der Waals surface area contributed by atoms with Gasteiger partial charge in [0.25, 0.3) is 0 Å². The van der Waals surface area contributed by atoms with Gasteiger partial charge in [-0.15, -0.1) is 0 Å². The number of hydrogen-bond acceptors (Lipinski definition) is 5. The molecule has 98 valence electrons. The monoisotopic (exact) mass is 252 g/mol. The summed E-state index contributed by atoms with van der Waals surface area (Å²) in [4.78, 5) is 14.5. The van der Waals surface area contributed by atoms with E-state index in [4.69, 9.17) is 9.47 Å². The third-order valence-electron chi connectivity index (χ3n) is 2.25. The van der Waals surface area contributed by atoms with Crippen molar-refractivity contribution in [2.75, 3.05) is 0 Å². The van der Waals surface area contributed by atoms with Crippen LogP contribution in [-0.2, 0) is 0 Å². The molecule has 1 aromatic rings. The second kappa shape index (κ2) is 4.44. The Kier molecular flexibility index (Phi) is 3.11. The van der Waals surface area contributed by atoms with Crippen LogP contribution < -0.4 is 9.47 Å². The lowest BCUT2D eigenvalue weighted by Gasteiger charge is -2.20. The quantitative estimate of drug-likeness (QED) is 0.608. The van der Waals surface area contributed by atoms with Gasteiger partial charge in [-0.1, -0.05) is 0 Å². The normalized spacial score (nSPS) is 15.3. The molecule has 2 rings (SSSR count). The van der Waals surface area contributed by atoms with Gasteiger partial charge in [-0.25, -0.2) is 4.98 Å². The molecule has 1 aliphatic carbocycles. The summed E-state index contributed by atoms with van der Waals surface area (Å²) in [6.07, 6.45) is 3.34. The smallest absolute Gasteiger partial charge is 0.317 e. The van der Waals surface area contributed by atoms with Crippen LogP contribution in [0.4, 0.5) is 5.69 Å². The summed E-state index contributed by atoms with van der Waals surface area (Å²) in [5, 5.41) is 11.0. The topological polar surface area (TPSA) is 74.5 Å². The number of ether oxygens (including phenoxy) is 2.